The van der Waals surface area contributed by atoms with Crippen LogP contribution in [0, 0.1) is 6.92 Å². The molecule has 1 aliphatic rings. The van der Waals surface area contributed by atoms with Crippen LogP contribution in [0.15, 0.2) is 48.5 Å². The van der Waals surface area contributed by atoms with Crippen LogP contribution in [0.2, 0.25) is 5.02 Å². The molecule has 2 aromatic carbocycles. The van der Waals surface area contributed by atoms with Gasteiger partial charge in [0.05, 0.1) is 24.5 Å². The van der Waals surface area contributed by atoms with E-state index in [2.05, 4.69) is 33.7 Å². The van der Waals surface area contributed by atoms with Crippen molar-refractivity contribution in [3.05, 3.63) is 76.1 Å². The van der Waals surface area contributed by atoms with Gasteiger partial charge in [0.15, 0.2) is 5.69 Å². The molecule has 0 saturated carbocycles. The number of hydrogen-bond acceptors (Lipinski definition) is 3. The molecule has 3 aromatic rings. The fourth-order valence-corrected chi connectivity index (χ4v) is 3.97. The highest BCUT2D eigenvalue weighted by molar-refractivity contribution is 6.30. The lowest BCUT2D eigenvalue weighted by Crippen LogP contribution is -3.08. The Bertz CT molecular complexity index is 1010. The average Bonchev–Trinajstić information content (AvgIpc) is 3.37. The molecule has 150 valence electrons. The lowest BCUT2D eigenvalue weighted by molar-refractivity contribution is -0.901. The van der Waals surface area contributed by atoms with Gasteiger partial charge in [-0.1, -0.05) is 41.9 Å². The van der Waals surface area contributed by atoms with Crippen molar-refractivity contribution in [2.75, 3.05) is 13.1 Å². The summed E-state index contributed by atoms with van der Waals surface area (Å²) >= 11 is 6.05. The number of hydrogen-bond donors (Lipinski definition) is 2. The van der Waals surface area contributed by atoms with Crippen molar-refractivity contribution < 1.29 is 9.69 Å². The SMILES string of the molecule is Cc1nn(-c2cccc(Cl)c2)nc1C(=O)NCc1ccccc1C[NH+]1CCCC1. The van der Waals surface area contributed by atoms with Crippen molar-refractivity contribution in [1.29, 1.82) is 0 Å². The van der Waals surface area contributed by atoms with Crippen molar-refractivity contribution in [2.24, 2.45) is 0 Å². The normalized spacial score (nSPS) is 14.3. The van der Waals surface area contributed by atoms with Gasteiger partial charge < -0.3 is 10.2 Å². The Kier molecular flexibility index (Phi) is 5.92. The molecule has 1 aliphatic heterocycles. The molecule has 7 heteroatoms. The van der Waals surface area contributed by atoms with E-state index in [1.807, 2.05) is 18.2 Å². The van der Waals surface area contributed by atoms with Gasteiger partial charge in [0.2, 0.25) is 0 Å². The highest BCUT2D eigenvalue weighted by Crippen LogP contribution is 2.15. The molecular weight excluding hydrogens is 386 g/mol. The zero-order valence-corrected chi connectivity index (χ0v) is 17.2. The van der Waals surface area contributed by atoms with Crippen molar-refractivity contribution >= 4 is 17.5 Å². The number of aromatic nitrogens is 3. The maximum absolute atomic E-state index is 12.7. The standard InChI is InChI=1S/C22H24ClN5O/c1-16-21(26-28(25-16)20-10-6-9-19(23)13-20)22(29)24-14-17-7-2-3-8-18(17)15-27-11-4-5-12-27/h2-3,6-10,13H,4-5,11-12,14-15H2,1H3,(H,24,29)/p+1. The lowest BCUT2D eigenvalue weighted by atomic mass is 10.1. The minimum Gasteiger partial charge on any atom is -0.346 e. The van der Waals surface area contributed by atoms with Crippen molar-refractivity contribution in [1.82, 2.24) is 20.3 Å². The third-order valence-electron chi connectivity index (χ3n) is 5.35. The van der Waals surface area contributed by atoms with Crippen molar-refractivity contribution in [2.45, 2.75) is 32.9 Å². The fraction of sp³-hybridized carbons (Fsp3) is 0.318. The first-order valence-corrected chi connectivity index (χ1v) is 10.4. The molecule has 0 unspecified atom stereocenters. The summed E-state index contributed by atoms with van der Waals surface area (Å²) in [6.45, 7) is 5.73. The van der Waals surface area contributed by atoms with Crippen molar-refractivity contribution in [3.63, 3.8) is 0 Å². The summed E-state index contributed by atoms with van der Waals surface area (Å²) in [4.78, 5) is 15.8. The van der Waals surface area contributed by atoms with Gasteiger partial charge >= 0.3 is 0 Å². The number of amides is 1. The number of carbonyl (C=O) groups is 1. The summed E-state index contributed by atoms with van der Waals surface area (Å²) in [6.07, 6.45) is 2.60. The minimum atomic E-state index is -0.223. The second-order valence-electron chi connectivity index (χ2n) is 7.49. The molecule has 0 spiro atoms. The highest BCUT2D eigenvalue weighted by atomic mass is 35.5. The summed E-state index contributed by atoms with van der Waals surface area (Å²) in [5.74, 6) is -0.223. The molecule has 1 saturated heterocycles. The topological polar surface area (TPSA) is 64.2 Å². The van der Waals surface area contributed by atoms with Crippen LogP contribution in [0.3, 0.4) is 0 Å². The molecule has 4 rings (SSSR count). The Morgan fingerprint density at radius 3 is 2.62 bits per heavy atom. The summed E-state index contributed by atoms with van der Waals surface area (Å²) in [6, 6.07) is 15.6. The van der Waals surface area contributed by atoms with Crippen LogP contribution in [-0.4, -0.2) is 34.0 Å². The second kappa shape index (κ2) is 8.76. The van der Waals surface area contributed by atoms with Gasteiger partial charge in [0, 0.05) is 30.0 Å². The van der Waals surface area contributed by atoms with Gasteiger partial charge in [0.25, 0.3) is 5.91 Å². The predicted molar refractivity (Wildman–Crippen MR) is 112 cm³/mol. The Hall–Kier alpha value is -2.70. The minimum absolute atomic E-state index is 0.223. The number of aryl methyl sites for hydroxylation is 1. The molecule has 1 aromatic heterocycles. The molecule has 1 amide bonds. The van der Waals surface area contributed by atoms with E-state index in [4.69, 9.17) is 11.6 Å². The van der Waals surface area contributed by atoms with Gasteiger partial charge in [-0.2, -0.15) is 9.90 Å². The van der Waals surface area contributed by atoms with Crippen LogP contribution in [0.4, 0.5) is 0 Å². The summed E-state index contributed by atoms with van der Waals surface area (Å²) in [7, 11) is 0. The number of quaternary nitrogens is 1. The lowest BCUT2D eigenvalue weighted by Gasteiger charge is -2.15. The van der Waals surface area contributed by atoms with Crippen LogP contribution in [0.25, 0.3) is 5.69 Å². The monoisotopic (exact) mass is 410 g/mol. The number of carbonyl (C=O) groups excluding carboxylic acids is 1. The van der Waals surface area contributed by atoms with Crippen LogP contribution in [-0.2, 0) is 13.1 Å². The van der Waals surface area contributed by atoms with E-state index < -0.39 is 0 Å². The third-order valence-corrected chi connectivity index (χ3v) is 5.58. The molecule has 2 heterocycles. The molecule has 0 atom stereocenters. The first-order chi connectivity index (χ1) is 14.1. The first kappa shape index (κ1) is 19.6. The van der Waals surface area contributed by atoms with Crippen LogP contribution in [0.5, 0.6) is 0 Å². The first-order valence-electron chi connectivity index (χ1n) is 9.98. The molecule has 1 fully saturated rings. The Morgan fingerprint density at radius 2 is 1.86 bits per heavy atom. The molecule has 0 radical (unpaired) electrons. The van der Waals surface area contributed by atoms with Crippen LogP contribution in [0.1, 0.15) is 40.2 Å². The van der Waals surface area contributed by atoms with E-state index in [1.54, 1.807) is 24.0 Å². The number of nitrogens with one attached hydrogen (secondary N) is 2. The van der Waals surface area contributed by atoms with Crippen molar-refractivity contribution in [3.8, 4) is 5.69 Å². The average molecular weight is 411 g/mol. The highest BCUT2D eigenvalue weighted by Gasteiger charge is 2.19. The van der Waals surface area contributed by atoms with Gasteiger partial charge in [-0.3, -0.25) is 4.79 Å². The van der Waals surface area contributed by atoms with Gasteiger partial charge in [0.1, 0.15) is 6.54 Å². The summed E-state index contributed by atoms with van der Waals surface area (Å²) in [5, 5.41) is 12.3. The number of likely N-dealkylation sites (tertiary alicyclic amines) is 1. The zero-order valence-electron chi connectivity index (χ0n) is 16.5. The van der Waals surface area contributed by atoms with Crippen LogP contribution >= 0.6 is 11.6 Å². The molecule has 2 N–H and O–H groups in total. The molecule has 0 aliphatic carbocycles. The Balaban J connectivity index is 1.45. The predicted octanol–water partition coefficient (Wildman–Crippen LogP) is 2.34. The number of rotatable bonds is 6. The molecular formula is C22H25ClN5O+. The number of benzene rings is 2. The summed E-state index contributed by atoms with van der Waals surface area (Å²) in [5.41, 5.74) is 4.08. The molecule has 0 bridgehead atoms. The van der Waals surface area contributed by atoms with E-state index in [0.717, 1.165) is 17.8 Å². The molecule has 6 nitrogen and oxygen atoms in total. The van der Waals surface area contributed by atoms with E-state index in [0.29, 0.717) is 23.0 Å². The number of halogens is 1. The fourth-order valence-electron chi connectivity index (χ4n) is 3.79. The smallest absolute Gasteiger partial charge is 0.274 e. The third kappa shape index (κ3) is 4.66. The van der Waals surface area contributed by atoms with Gasteiger partial charge in [-0.15, -0.1) is 5.10 Å². The van der Waals surface area contributed by atoms with E-state index in [9.17, 15) is 4.79 Å². The Labute approximate surface area is 175 Å². The maximum Gasteiger partial charge on any atom is 0.274 e. The van der Waals surface area contributed by atoms with Gasteiger partial charge in [-0.25, -0.2) is 0 Å². The van der Waals surface area contributed by atoms with E-state index in [1.165, 1.54) is 36.3 Å². The van der Waals surface area contributed by atoms with Crippen LogP contribution < -0.4 is 10.2 Å². The quantitative estimate of drug-likeness (QED) is 0.655. The van der Waals surface area contributed by atoms with E-state index >= 15 is 0 Å². The zero-order chi connectivity index (χ0) is 20.2. The second-order valence-corrected chi connectivity index (χ2v) is 7.93. The van der Waals surface area contributed by atoms with Gasteiger partial charge in [-0.05, 0) is 30.7 Å². The molecule has 29 heavy (non-hydrogen) atoms. The van der Waals surface area contributed by atoms with E-state index in [-0.39, 0.29) is 5.91 Å². The summed E-state index contributed by atoms with van der Waals surface area (Å²) < 4.78 is 0. The maximum atomic E-state index is 12.7. The Morgan fingerprint density at radius 1 is 1.10 bits per heavy atom. The largest absolute Gasteiger partial charge is 0.346 e. The number of nitrogens with zero attached hydrogens (tertiary/aromatic N) is 3.